The summed E-state index contributed by atoms with van der Waals surface area (Å²) in [5.74, 6) is -2.84. The van der Waals surface area contributed by atoms with E-state index in [1.54, 1.807) is 33.3 Å². The standard InChI is InChI=1S/C66H89N3O15Si/c1-41(31-32-54(72)43(3)61(82-46(6)70)42(2)33-60-80-39-66(10,11)40-81-60)56(75-13)35-57-45(5)55(74-12)29-22-30-58-67-51(37-77-58)63-69-52(38-79-63)64-68-50(36-78-64)62(76-14)44(4)53(71)28-21-23-47(34-59(73)83-57)84-85(65(7,8)9,48-24-17-15-18-25-48)49-26-19-16-20-27-49/h15-22,24-28,30,36-38,41-45,47,55-57,60-62H,23,29,31-35,39-40H2,1-14H3/b28-21+,30-22+/t41-,42+,43-,44-,45+,47-,55-,56-,57-,61+,62?/m0/s1. The molecule has 19 heteroatoms. The van der Waals surface area contributed by atoms with Crippen LogP contribution in [-0.2, 0) is 56.8 Å². The van der Waals surface area contributed by atoms with E-state index >= 15 is 4.79 Å². The number of esters is 2. The van der Waals surface area contributed by atoms with Crippen molar-refractivity contribution in [2.45, 2.75) is 169 Å². The summed E-state index contributed by atoms with van der Waals surface area (Å²) in [6.07, 6.45) is 8.39. The van der Waals surface area contributed by atoms with Crippen molar-refractivity contribution in [1.82, 2.24) is 15.0 Å². The molecule has 2 aliphatic heterocycles. The number of oxazole rings is 3. The summed E-state index contributed by atoms with van der Waals surface area (Å²) in [4.78, 5) is 69.7. The van der Waals surface area contributed by atoms with Gasteiger partial charge in [-0.15, -0.1) is 0 Å². The molecule has 2 aromatic carbocycles. The third kappa shape index (κ3) is 17.1. The van der Waals surface area contributed by atoms with Gasteiger partial charge < -0.3 is 50.8 Å². The van der Waals surface area contributed by atoms with Crippen LogP contribution in [0.25, 0.3) is 29.2 Å². The molecule has 0 saturated carbocycles. The molecule has 11 atom stereocenters. The number of fused-ring (bicyclic) bond motifs is 8. The van der Waals surface area contributed by atoms with Gasteiger partial charge in [0.2, 0.25) is 17.7 Å². The second kappa shape index (κ2) is 29.9. The molecule has 85 heavy (non-hydrogen) atoms. The maximum atomic E-state index is 15.1. The van der Waals surface area contributed by atoms with E-state index in [-0.39, 0.29) is 72.2 Å². The molecule has 1 saturated heterocycles. The predicted octanol–water partition coefficient (Wildman–Crippen LogP) is 11.5. The Labute approximate surface area is 502 Å². The van der Waals surface area contributed by atoms with E-state index in [0.717, 1.165) is 10.4 Å². The number of nitrogens with zero attached hydrogens (tertiary/aromatic N) is 3. The lowest BCUT2D eigenvalue weighted by Crippen LogP contribution is -2.67. The fourth-order valence-electron chi connectivity index (χ4n) is 11.6. The summed E-state index contributed by atoms with van der Waals surface area (Å²) < 4.78 is 68.0. The van der Waals surface area contributed by atoms with Gasteiger partial charge in [-0.05, 0) is 58.7 Å². The minimum absolute atomic E-state index is 0.0554. The summed E-state index contributed by atoms with van der Waals surface area (Å²) in [5.41, 5.74) is 0.918. The molecule has 1 fully saturated rings. The molecule has 0 spiro atoms. The van der Waals surface area contributed by atoms with Crippen molar-refractivity contribution >= 4 is 48.3 Å². The second-order valence-electron chi connectivity index (χ2n) is 24.9. The van der Waals surface area contributed by atoms with Crippen LogP contribution in [0.1, 0.15) is 139 Å². The van der Waals surface area contributed by atoms with Crippen molar-refractivity contribution in [1.29, 1.82) is 0 Å². The van der Waals surface area contributed by atoms with Crippen LogP contribution in [0.5, 0.6) is 0 Å². The first-order valence-electron chi connectivity index (χ1n) is 29.7. The molecule has 7 rings (SSSR count). The highest BCUT2D eigenvalue weighted by atomic mass is 28.4. The average molecular weight is 1190 g/mol. The Balaban J connectivity index is 1.20. The number of rotatable bonds is 19. The normalized spacial score (nSPS) is 23.9. The highest BCUT2D eigenvalue weighted by Gasteiger charge is 2.52. The first kappa shape index (κ1) is 66.3. The Bertz CT molecular complexity index is 2950. The van der Waals surface area contributed by atoms with E-state index in [1.807, 2.05) is 70.2 Å². The minimum atomic E-state index is -3.30. The molecule has 5 aromatic rings. The number of aromatic nitrogens is 3. The summed E-state index contributed by atoms with van der Waals surface area (Å²) in [6, 6.07) is 20.3. The maximum absolute atomic E-state index is 15.1. The zero-order valence-electron chi connectivity index (χ0n) is 52.1. The zero-order valence-corrected chi connectivity index (χ0v) is 53.1. The predicted molar refractivity (Wildman–Crippen MR) is 323 cm³/mol. The fourth-order valence-corrected chi connectivity index (χ4v) is 16.3. The summed E-state index contributed by atoms with van der Waals surface area (Å²) in [7, 11) is 1.44. The van der Waals surface area contributed by atoms with E-state index in [2.05, 4.69) is 73.8 Å². The van der Waals surface area contributed by atoms with Crippen LogP contribution >= 0.6 is 0 Å². The van der Waals surface area contributed by atoms with Crippen molar-refractivity contribution in [2.24, 2.45) is 35.0 Å². The van der Waals surface area contributed by atoms with Gasteiger partial charge in [0.25, 0.3) is 8.32 Å². The van der Waals surface area contributed by atoms with Gasteiger partial charge >= 0.3 is 11.9 Å². The Morgan fingerprint density at radius 1 is 0.765 bits per heavy atom. The van der Waals surface area contributed by atoms with Crippen LogP contribution in [-0.4, -0.2) is 118 Å². The lowest BCUT2D eigenvalue weighted by molar-refractivity contribution is -0.231. The van der Waals surface area contributed by atoms with Crippen LogP contribution < -0.4 is 10.4 Å². The first-order chi connectivity index (χ1) is 40.5. The summed E-state index contributed by atoms with van der Waals surface area (Å²) in [5, 5.41) is 1.58. The zero-order chi connectivity index (χ0) is 61.6. The number of methoxy groups -OCH3 is 3. The van der Waals surface area contributed by atoms with Crippen molar-refractivity contribution in [3.63, 3.8) is 0 Å². The molecule has 462 valence electrons. The molecule has 6 bridgehead atoms. The SMILES string of the molecule is COC1c2coc(n2)-c2coc(n2)-c2coc(n2)/C=C/C[C@H](OC)[C@@H](C)[C@H](C[C@H](OC)[C@@H](C)CCC(=O)[C@H](C)[C@H](OC(C)=O)[C@H](C)CC2OCC(C)(C)CO2)OC(=O)C[C@@H](O[Si](c2ccccc2)(c2ccccc2)C(C)(C)C)C/C=C/C(=O)[C@@H]1C. The number of ether oxygens (including phenoxy) is 7. The van der Waals surface area contributed by atoms with E-state index in [0.29, 0.717) is 49.6 Å². The lowest BCUT2D eigenvalue weighted by Gasteiger charge is -2.45. The Kier molecular flexibility index (Phi) is 23.4. The molecule has 1 unspecified atom stereocenters. The van der Waals surface area contributed by atoms with Crippen molar-refractivity contribution in [2.75, 3.05) is 34.5 Å². The maximum Gasteiger partial charge on any atom is 0.308 e. The average Bonchev–Trinajstić information content (AvgIpc) is 2.62. The number of carbonyl (C=O) groups is 4. The van der Waals surface area contributed by atoms with Gasteiger partial charge in [-0.25, -0.2) is 15.0 Å². The number of carbonyl (C=O) groups excluding carboxylic acids is 4. The Morgan fingerprint density at radius 2 is 1.38 bits per heavy atom. The number of hydrogen-bond donors (Lipinski definition) is 0. The highest BCUT2D eigenvalue weighted by molar-refractivity contribution is 6.99. The smallest absolute Gasteiger partial charge is 0.308 e. The van der Waals surface area contributed by atoms with E-state index in [4.69, 9.17) is 50.8 Å². The molecule has 0 aliphatic carbocycles. The molecule has 0 N–H and O–H groups in total. The van der Waals surface area contributed by atoms with Crippen LogP contribution in [0.2, 0.25) is 5.04 Å². The lowest BCUT2D eigenvalue weighted by atomic mass is 9.83. The largest absolute Gasteiger partial charge is 0.462 e. The minimum Gasteiger partial charge on any atom is -0.462 e. The fraction of sp³-hybridized carbons (Fsp3) is 0.561. The summed E-state index contributed by atoms with van der Waals surface area (Å²) >= 11 is 0. The third-order valence-electron chi connectivity index (χ3n) is 16.7. The Morgan fingerprint density at radius 3 is 1.99 bits per heavy atom. The van der Waals surface area contributed by atoms with Gasteiger partial charge in [0.05, 0.1) is 49.8 Å². The van der Waals surface area contributed by atoms with E-state index in [1.165, 1.54) is 38.9 Å². The number of cyclic esters (lactones) is 1. The number of allylic oxidation sites excluding steroid dienone is 1. The molecule has 0 radical (unpaired) electrons. The van der Waals surface area contributed by atoms with Gasteiger partial charge in [-0.1, -0.05) is 142 Å². The molecule has 0 amide bonds. The monoisotopic (exact) mass is 1190 g/mol. The van der Waals surface area contributed by atoms with Gasteiger partial charge in [-0.2, -0.15) is 0 Å². The van der Waals surface area contributed by atoms with Crippen molar-refractivity contribution in [3.05, 3.63) is 109 Å². The molecular formula is C66H89N3O15Si. The van der Waals surface area contributed by atoms with Gasteiger partial charge in [0.1, 0.15) is 48.6 Å². The van der Waals surface area contributed by atoms with Crippen LogP contribution in [0, 0.1) is 35.0 Å². The molecule has 3 aromatic heterocycles. The molecule has 5 heterocycles. The molecular weight excluding hydrogens is 1100 g/mol. The van der Waals surface area contributed by atoms with E-state index in [9.17, 15) is 14.4 Å². The van der Waals surface area contributed by atoms with Crippen LogP contribution in [0.4, 0.5) is 0 Å². The third-order valence-corrected chi connectivity index (χ3v) is 21.7. The molecule has 2 aliphatic rings. The second-order valence-corrected chi connectivity index (χ2v) is 29.1. The number of hydrogen-bond acceptors (Lipinski definition) is 18. The van der Waals surface area contributed by atoms with Crippen LogP contribution in [0.3, 0.4) is 0 Å². The first-order valence-corrected chi connectivity index (χ1v) is 31.6. The topological polar surface area (TPSA) is 220 Å². The van der Waals surface area contributed by atoms with Crippen molar-refractivity contribution < 1.29 is 70.0 Å². The highest BCUT2D eigenvalue weighted by Crippen LogP contribution is 2.40. The van der Waals surface area contributed by atoms with Crippen LogP contribution in [0.15, 0.2) is 111 Å². The van der Waals surface area contributed by atoms with Gasteiger partial charge in [0.15, 0.2) is 23.5 Å². The number of Topliss-reactive ketones (excluding diaryl/α,β-unsaturated/α-hetero) is 1. The molecule has 18 nitrogen and oxygen atoms in total. The van der Waals surface area contributed by atoms with Gasteiger partial charge in [0, 0.05) is 58.8 Å². The summed E-state index contributed by atoms with van der Waals surface area (Å²) in [6.45, 7) is 22.6. The van der Waals surface area contributed by atoms with Gasteiger partial charge in [-0.3, -0.25) is 19.2 Å². The Hall–Kier alpha value is -6.19. The van der Waals surface area contributed by atoms with E-state index < -0.39 is 86.0 Å². The quantitative estimate of drug-likeness (QED) is 0.0554. The number of benzene rings is 2. The number of ketones is 2. The van der Waals surface area contributed by atoms with Crippen molar-refractivity contribution in [3.8, 4) is 23.2 Å².